The number of fused-ring (bicyclic) bond motifs is 2. The Balaban J connectivity index is 0.000000175. The molecule has 0 saturated heterocycles. The fourth-order valence-corrected chi connectivity index (χ4v) is 5.32. The average Bonchev–Trinajstić information content (AvgIpc) is 3.61. The molecule has 4 aromatic rings. The topological polar surface area (TPSA) is 116 Å². The first-order chi connectivity index (χ1) is 20.9. The Labute approximate surface area is 258 Å². The molecule has 10 nitrogen and oxygen atoms in total. The summed E-state index contributed by atoms with van der Waals surface area (Å²) < 4.78 is 10.9. The van der Waals surface area contributed by atoms with Crippen LogP contribution in [0.4, 0.5) is 9.59 Å². The number of ether oxygens (including phenoxy) is 2. The van der Waals surface area contributed by atoms with Crippen molar-refractivity contribution in [1.82, 2.24) is 29.7 Å². The van der Waals surface area contributed by atoms with Crippen molar-refractivity contribution in [2.45, 2.75) is 72.0 Å². The molecule has 2 aliphatic rings. The van der Waals surface area contributed by atoms with Crippen molar-refractivity contribution in [2.24, 2.45) is 0 Å². The Morgan fingerprint density at radius 1 is 0.795 bits per heavy atom. The lowest BCUT2D eigenvalue weighted by molar-refractivity contribution is 0.0271. The van der Waals surface area contributed by atoms with Gasteiger partial charge in [-0.2, -0.15) is 0 Å². The van der Waals surface area contributed by atoms with Crippen LogP contribution in [0.2, 0.25) is 0 Å². The largest absolute Gasteiger partial charge is 0.444 e. The second-order valence-corrected chi connectivity index (χ2v) is 13.1. The molecule has 0 aromatic carbocycles. The van der Waals surface area contributed by atoms with E-state index in [4.69, 9.17) is 9.47 Å². The first kappa shape index (κ1) is 30.8. The average molecular weight is 599 g/mol. The molecule has 0 spiro atoms. The van der Waals surface area contributed by atoms with E-state index in [0.29, 0.717) is 19.6 Å². The normalized spacial score (nSPS) is 15.8. The fourth-order valence-electron chi connectivity index (χ4n) is 5.32. The lowest BCUT2D eigenvalue weighted by Crippen LogP contribution is -2.39. The first-order valence-electron chi connectivity index (χ1n) is 15.1. The Morgan fingerprint density at radius 3 is 1.95 bits per heavy atom. The Kier molecular flexibility index (Phi) is 8.80. The maximum Gasteiger partial charge on any atom is 0.414 e. The molecule has 4 aromatic heterocycles. The van der Waals surface area contributed by atoms with Crippen LogP contribution >= 0.6 is 0 Å². The van der Waals surface area contributed by atoms with Crippen LogP contribution in [0.15, 0.2) is 61.6 Å². The van der Waals surface area contributed by atoms with Crippen molar-refractivity contribution in [3.05, 3.63) is 72.7 Å². The molecule has 2 N–H and O–H groups in total. The van der Waals surface area contributed by atoms with Crippen LogP contribution in [-0.4, -0.2) is 72.8 Å². The van der Waals surface area contributed by atoms with Gasteiger partial charge in [0.1, 0.15) is 11.2 Å². The smallest absolute Gasteiger partial charge is 0.414 e. The molecule has 10 heteroatoms. The van der Waals surface area contributed by atoms with Gasteiger partial charge in [0.05, 0.1) is 23.4 Å². The molecule has 44 heavy (non-hydrogen) atoms. The molecular weight excluding hydrogens is 556 g/mol. The van der Waals surface area contributed by atoms with Gasteiger partial charge in [-0.25, -0.2) is 9.59 Å². The molecule has 232 valence electrons. The van der Waals surface area contributed by atoms with Crippen LogP contribution in [0.25, 0.3) is 33.0 Å². The van der Waals surface area contributed by atoms with Gasteiger partial charge < -0.3 is 24.3 Å². The number of aromatic nitrogens is 4. The van der Waals surface area contributed by atoms with E-state index in [-0.39, 0.29) is 12.2 Å². The van der Waals surface area contributed by atoms with Crippen LogP contribution in [0, 0.1) is 0 Å². The highest BCUT2D eigenvalue weighted by Gasteiger charge is 2.26. The summed E-state index contributed by atoms with van der Waals surface area (Å²) >= 11 is 0. The van der Waals surface area contributed by atoms with Crippen LogP contribution < -0.4 is 0 Å². The number of nitrogens with one attached hydrogen (secondary N) is 2. The lowest BCUT2D eigenvalue weighted by atomic mass is 9.99. The summed E-state index contributed by atoms with van der Waals surface area (Å²) in [6.07, 6.45) is 17.5. The zero-order valence-electron chi connectivity index (χ0n) is 26.4. The summed E-state index contributed by atoms with van der Waals surface area (Å²) in [6, 6.07) is 3.99. The van der Waals surface area contributed by atoms with Crippen molar-refractivity contribution in [2.75, 3.05) is 19.6 Å². The summed E-state index contributed by atoms with van der Waals surface area (Å²) in [4.78, 5) is 42.6. The number of amides is 2. The highest BCUT2D eigenvalue weighted by atomic mass is 16.6. The number of pyridine rings is 2. The standard InChI is InChI=1S/2C17H21N3O2/c2*1-17(2,3)22-16(21)20-8-4-5-12(11-20)14-9-19-15-10-18-7-6-13(14)15/h6-7,9-11,19H,4-5,8H2,1-3H3;5-7,9-10,19H,4,8,11H2,1-3H3. The van der Waals surface area contributed by atoms with Crippen LogP contribution in [0.3, 0.4) is 0 Å². The molecule has 0 fully saturated rings. The van der Waals surface area contributed by atoms with Gasteiger partial charge in [-0.15, -0.1) is 0 Å². The molecule has 0 saturated carbocycles. The van der Waals surface area contributed by atoms with E-state index in [2.05, 4.69) is 26.0 Å². The lowest BCUT2D eigenvalue weighted by Gasteiger charge is -2.30. The summed E-state index contributed by atoms with van der Waals surface area (Å²) in [5.74, 6) is 0. The quantitative estimate of drug-likeness (QED) is 0.246. The van der Waals surface area contributed by atoms with E-state index in [1.165, 1.54) is 0 Å². The minimum atomic E-state index is -0.477. The Bertz CT molecular complexity index is 1700. The van der Waals surface area contributed by atoms with Gasteiger partial charge >= 0.3 is 12.2 Å². The number of carbonyl (C=O) groups is 2. The third-order valence-corrected chi connectivity index (χ3v) is 7.25. The van der Waals surface area contributed by atoms with Gasteiger partial charge in [-0.3, -0.25) is 14.9 Å². The minimum Gasteiger partial charge on any atom is -0.444 e. The van der Waals surface area contributed by atoms with E-state index in [9.17, 15) is 9.59 Å². The van der Waals surface area contributed by atoms with Gasteiger partial charge in [0.25, 0.3) is 0 Å². The summed E-state index contributed by atoms with van der Waals surface area (Å²) in [7, 11) is 0. The molecule has 2 aliphatic heterocycles. The van der Waals surface area contributed by atoms with Gasteiger partial charge in [0.2, 0.25) is 0 Å². The van der Waals surface area contributed by atoms with Crippen molar-refractivity contribution < 1.29 is 19.1 Å². The number of carbonyl (C=O) groups excluding carboxylic acids is 2. The zero-order valence-corrected chi connectivity index (χ0v) is 26.4. The second kappa shape index (κ2) is 12.6. The monoisotopic (exact) mass is 598 g/mol. The maximum absolute atomic E-state index is 12.3. The van der Waals surface area contributed by atoms with E-state index in [1.807, 2.05) is 84.7 Å². The Morgan fingerprint density at radius 2 is 1.36 bits per heavy atom. The van der Waals surface area contributed by atoms with Crippen molar-refractivity contribution in [1.29, 1.82) is 0 Å². The third-order valence-electron chi connectivity index (χ3n) is 7.25. The number of aromatic amines is 2. The molecule has 0 unspecified atom stereocenters. The molecule has 6 rings (SSSR count). The van der Waals surface area contributed by atoms with E-state index in [0.717, 1.165) is 63.3 Å². The Hall–Kier alpha value is -4.60. The van der Waals surface area contributed by atoms with Gasteiger partial charge in [0.15, 0.2) is 0 Å². The first-order valence-corrected chi connectivity index (χ1v) is 15.1. The molecule has 0 atom stereocenters. The molecule has 0 aliphatic carbocycles. The van der Waals surface area contributed by atoms with Crippen LogP contribution in [-0.2, 0) is 9.47 Å². The fraction of sp³-hybridized carbons (Fsp3) is 0.412. The summed E-state index contributed by atoms with van der Waals surface area (Å²) in [5.41, 5.74) is 5.63. The van der Waals surface area contributed by atoms with E-state index < -0.39 is 11.2 Å². The second-order valence-electron chi connectivity index (χ2n) is 13.1. The summed E-state index contributed by atoms with van der Waals surface area (Å²) in [6.45, 7) is 13.3. The summed E-state index contributed by atoms with van der Waals surface area (Å²) in [5, 5.41) is 2.26. The van der Waals surface area contributed by atoms with Crippen molar-refractivity contribution in [3.8, 4) is 0 Å². The molecule has 0 radical (unpaired) electrons. The number of nitrogens with zero attached hydrogens (tertiary/aromatic N) is 4. The number of hydrogen-bond donors (Lipinski definition) is 2. The SMILES string of the molecule is CC(C)(C)OC(=O)N1C=C(c2c[nH]c3cnccc23)CCC1.CC(C)(C)OC(=O)N1CCC=C(c2c[nH]c3cnccc23)C1. The number of hydrogen-bond acceptors (Lipinski definition) is 6. The van der Waals surface area contributed by atoms with Crippen molar-refractivity contribution in [3.63, 3.8) is 0 Å². The molecule has 2 amide bonds. The van der Waals surface area contributed by atoms with Gasteiger partial charge in [-0.05, 0) is 84.1 Å². The predicted molar refractivity (Wildman–Crippen MR) is 173 cm³/mol. The highest BCUT2D eigenvalue weighted by molar-refractivity contribution is 5.94. The number of allylic oxidation sites excluding steroid dienone is 1. The third kappa shape index (κ3) is 7.48. The van der Waals surface area contributed by atoms with Gasteiger partial charge in [0, 0.05) is 72.5 Å². The van der Waals surface area contributed by atoms with Crippen LogP contribution in [0.5, 0.6) is 0 Å². The zero-order chi connectivity index (χ0) is 31.5. The van der Waals surface area contributed by atoms with Crippen molar-refractivity contribution >= 4 is 45.1 Å². The van der Waals surface area contributed by atoms with E-state index in [1.54, 1.807) is 22.2 Å². The van der Waals surface area contributed by atoms with Gasteiger partial charge in [-0.1, -0.05) is 6.08 Å². The molecular formula is C34H42N6O4. The van der Waals surface area contributed by atoms with E-state index >= 15 is 0 Å². The minimum absolute atomic E-state index is 0.250. The predicted octanol–water partition coefficient (Wildman–Crippen LogP) is 7.52. The maximum atomic E-state index is 12.3. The molecule has 0 bridgehead atoms. The highest BCUT2D eigenvalue weighted by Crippen LogP contribution is 2.31. The number of H-pyrrole nitrogens is 2. The van der Waals surface area contributed by atoms with Crippen LogP contribution in [0.1, 0.15) is 71.9 Å². The molecule has 6 heterocycles. The number of rotatable bonds is 2.